The first-order chi connectivity index (χ1) is 15.9. The van der Waals surface area contributed by atoms with Gasteiger partial charge in [-0.15, -0.1) is 0 Å². The second-order valence-electron chi connectivity index (χ2n) is 8.67. The standard InChI is InChI=1S/C28H31NO3/c1-3-9-23(10-4-1)28(24-11-5-2-6-12-24)31-27-13-7-8-18-29(27)19-16-22-14-15-26-25(21-22)17-20-30-32-26/h1-6,9-12,14-15,21,27-28H,7-8,13,16-20H2. The first-order valence-electron chi connectivity index (χ1n) is 11.8. The second kappa shape index (κ2) is 10.3. The minimum absolute atomic E-state index is 0.0520. The Balaban J connectivity index is 1.30. The van der Waals surface area contributed by atoms with Crippen molar-refractivity contribution in [3.05, 3.63) is 101 Å². The van der Waals surface area contributed by atoms with Gasteiger partial charge in [0.15, 0.2) is 5.75 Å². The topological polar surface area (TPSA) is 30.9 Å². The van der Waals surface area contributed by atoms with Crippen LogP contribution in [0.25, 0.3) is 0 Å². The van der Waals surface area contributed by atoms with E-state index in [0.717, 1.165) is 38.1 Å². The molecule has 1 atom stereocenters. The number of benzene rings is 3. The van der Waals surface area contributed by atoms with Gasteiger partial charge in [-0.2, -0.15) is 4.89 Å². The maximum Gasteiger partial charge on any atom is 0.168 e. The van der Waals surface area contributed by atoms with Gasteiger partial charge in [-0.25, -0.2) is 0 Å². The number of hydrogen-bond acceptors (Lipinski definition) is 4. The Morgan fingerprint density at radius 3 is 2.41 bits per heavy atom. The summed E-state index contributed by atoms with van der Waals surface area (Å²) in [6.45, 7) is 2.71. The van der Waals surface area contributed by atoms with Crippen LogP contribution in [0.2, 0.25) is 0 Å². The number of fused-ring (bicyclic) bond motifs is 1. The third-order valence-electron chi connectivity index (χ3n) is 6.47. The van der Waals surface area contributed by atoms with Crippen LogP contribution in [-0.4, -0.2) is 30.8 Å². The summed E-state index contributed by atoms with van der Waals surface area (Å²) in [7, 11) is 0. The fraction of sp³-hybridized carbons (Fsp3) is 0.357. The van der Waals surface area contributed by atoms with Gasteiger partial charge in [0.05, 0.1) is 6.61 Å². The second-order valence-corrected chi connectivity index (χ2v) is 8.67. The molecule has 4 heteroatoms. The lowest BCUT2D eigenvalue weighted by atomic mass is 10.0. The summed E-state index contributed by atoms with van der Waals surface area (Å²) >= 11 is 0. The van der Waals surface area contributed by atoms with E-state index in [2.05, 4.69) is 77.7 Å². The number of piperidine rings is 1. The minimum atomic E-state index is -0.0520. The van der Waals surface area contributed by atoms with Gasteiger partial charge in [-0.1, -0.05) is 72.8 Å². The SMILES string of the molecule is c1ccc(C(OC2CCCCN2CCc2ccc3c(c2)CCOO3)c2ccccc2)cc1. The van der Waals surface area contributed by atoms with Crippen LogP contribution in [0.5, 0.6) is 5.75 Å². The summed E-state index contributed by atoms with van der Waals surface area (Å²) in [6.07, 6.45) is 5.52. The molecule has 0 radical (unpaired) electrons. The lowest BCUT2D eigenvalue weighted by molar-refractivity contribution is -0.215. The maximum absolute atomic E-state index is 6.84. The van der Waals surface area contributed by atoms with E-state index in [0.29, 0.717) is 6.61 Å². The van der Waals surface area contributed by atoms with E-state index >= 15 is 0 Å². The third-order valence-corrected chi connectivity index (χ3v) is 6.47. The van der Waals surface area contributed by atoms with Crippen molar-refractivity contribution in [3.8, 4) is 5.75 Å². The highest BCUT2D eigenvalue weighted by molar-refractivity contribution is 5.38. The smallest absolute Gasteiger partial charge is 0.168 e. The van der Waals surface area contributed by atoms with Crippen LogP contribution >= 0.6 is 0 Å². The molecule has 4 nitrogen and oxygen atoms in total. The van der Waals surface area contributed by atoms with Crippen molar-refractivity contribution in [2.45, 2.75) is 44.4 Å². The van der Waals surface area contributed by atoms with Gasteiger partial charge >= 0.3 is 0 Å². The zero-order chi connectivity index (χ0) is 21.6. The predicted octanol–water partition coefficient (Wildman–Crippen LogP) is 5.71. The monoisotopic (exact) mass is 429 g/mol. The lowest BCUT2D eigenvalue weighted by Crippen LogP contribution is -2.43. The Bertz CT molecular complexity index is 953. The van der Waals surface area contributed by atoms with E-state index in [9.17, 15) is 0 Å². The average molecular weight is 430 g/mol. The van der Waals surface area contributed by atoms with Gasteiger partial charge in [0.1, 0.15) is 12.3 Å². The van der Waals surface area contributed by atoms with Crippen molar-refractivity contribution >= 4 is 0 Å². The van der Waals surface area contributed by atoms with Gasteiger partial charge in [-0.05, 0) is 48.4 Å². The van der Waals surface area contributed by atoms with Crippen LogP contribution in [0, 0.1) is 0 Å². The Morgan fingerprint density at radius 2 is 1.66 bits per heavy atom. The molecule has 0 aliphatic carbocycles. The van der Waals surface area contributed by atoms with E-state index in [1.54, 1.807) is 0 Å². The van der Waals surface area contributed by atoms with E-state index < -0.39 is 0 Å². The molecule has 0 amide bonds. The summed E-state index contributed by atoms with van der Waals surface area (Å²) < 4.78 is 6.84. The van der Waals surface area contributed by atoms with E-state index in [4.69, 9.17) is 14.5 Å². The summed E-state index contributed by atoms with van der Waals surface area (Å²) in [6, 6.07) is 27.7. The molecule has 166 valence electrons. The Labute approximate surface area is 190 Å². The summed E-state index contributed by atoms with van der Waals surface area (Å²) in [5.41, 5.74) is 5.01. The minimum Gasteiger partial charge on any atom is -0.350 e. The third kappa shape index (κ3) is 5.04. The molecule has 0 bridgehead atoms. The number of hydrogen-bond donors (Lipinski definition) is 0. The highest BCUT2D eigenvalue weighted by atomic mass is 17.2. The fourth-order valence-corrected chi connectivity index (χ4v) is 4.73. The first kappa shape index (κ1) is 21.2. The fourth-order valence-electron chi connectivity index (χ4n) is 4.73. The number of rotatable bonds is 7. The van der Waals surface area contributed by atoms with E-state index in [1.807, 2.05) is 6.07 Å². The van der Waals surface area contributed by atoms with Crippen LogP contribution in [0.1, 0.15) is 47.6 Å². The maximum atomic E-state index is 6.84. The van der Waals surface area contributed by atoms with Gasteiger partial charge in [0, 0.05) is 25.1 Å². The Hall–Kier alpha value is -2.66. The van der Waals surface area contributed by atoms with Crippen LogP contribution in [0.4, 0.5) is 0 Å². The number of nitrogens with zero attached hydrogens (tertiary/aromatic N) is 1. The zero-order valence-corrected chi connectivity index (χ0v) is 18.5. The molecule has 32 heavy (non-hydrogen) atoms. The van der Waals surface area contributed by atoms with Crippen molar-refractivity contribution in [2.24, 2.45) is 0 Å². The normalized spacial score (nSPS) is 18.8. The first-order valence-corrected chi connectivity index (χ1v) is 11.8. The molecule has 0 N–H and O–H groups in total. The van der Waals surface area contributed by atoms with Crippen molar-refractivity contribution in [2.75, 3.05) is 19.7 Å². The largest absolute Gasteiger partial charge is 0.350 e. The van der Waals surface area contributed by atoms with E-state index in [-0.39, 0.29) is 12.3 Å². The molecule has 2 heterocycles. The molecule has 3 aromatic rings. The van der Waals surface area contributed by atoms with Gasteiger partial charge in [-0.3, -0.25) is 4.90 Å². The van der Waals surface area contributed by atoms with Crippen LogP contribution in [0.3, 0.4) is 0 Å². The molecule has 1 unspecified atom stereocenters. The molecule has 3 aromatic carbocycles. The van der Waals surface area contributed by atoms with Crippen LogP contribution in [0.15, 0.2) is 78.9 Å². The van der Waals surface area contributed by atoms with Crippen molar-refractivity contribution in [3.63, 3.8) is 0 Å². The summed E-state index contributed by atoms with van der Waals surface area (Å²) in [5, 5.41) is 0. The van der Waals surface area contributed by atoms with Gasteiger partial charge in [0.2, 0.25) is 0 Å². The molecule has 1 fully saturated rings. The van der Waals surface area contributed by atoms with E-state index in [1.165, 1.54) is 35.1 Å². The highest BCUT2D eigenvalue weighted by Gasteiger charge is 2.27. The molecular weight excluding hydrogens is 398 g/mol. The van der Waals surface area contributed by atoms with Crippen molar-refractivity contribution in [1.29, 1.82) is 0 Å². The molecule has 2 aliphatic heterocycles. The number of ether oxygens (including phenoxy) is 1. The van der Waals surface area contributed by atoms with Crippen LogP contribution in [-0.2, 0) is 22.5 Å². The zero-order valence-electron chi connectivity index (χ0n) is 18.5. The molecule has 2 aliphatic rings. The quantitative estimate of drug-likeness (QED) is 0.450. The molecule has 0 spiro atoms. The van der Waals surface area contributed by atoms with Crippen LogP contribution < -0.4 is 4.89 Å². The summed E-state index contributed by atoms with van der Waals surface area (Å²) in [4.78, 5) is 12.9. The Kier molecular flexibility index (Phi) is 6.83. The van der Waals surface area contributed by atoms with Crippen molar-refractivity contribution < 1.29 is 14.5 Å². The Morgan fingerprint density at radius 1 is 0.906 bits per heavy atom. The summed E-state index contributed by atoms with van der Waals surface area (Å²) in [5.74, 6) is 0.854. The van der Waals surface area contributed by atoms with Gasteiger partial charge in [0.25, 0.3) is 0 Å². The molecule has 0 aromatic heterocycles. The predicted molar refractivity (Wildman–Crippen MR) is 125 cm³/mol. The molecule has 5 rings (SSSR count). The van der Waals surface area contributed by atoms with Gasteiger partial charge < -0.3 is 9.62 Å². The molecule has 1 saturated heterocycles. The van der Waals surface area contributed by atoms with Crippen molar-refractivity contribution in [1.82, 2.24) is 4.90 Å². The highest BCUT2D eigenvalue weighted by Crippen LogP contribution is 2.31. The molecule has 0 saturated carbocycles. The lowest BCUT2D eigenvalue weighted by Gasteiger charge is -2.38. The average Bonchev–Trinajstić information content (AvgIpc) is 2.87. The molecular formula is C28H31NO3. The number of likely N-dealkylation sites (tertiary alicyclic amines) is 1.